The lowest BCUT2D eigenvalue weighted by Crippen LogP contribution is -2.33. The van der Waals surface area contributed by atoms with Gasteiger partial charge in [-0.1, -0.05) is 24.3 Å². The molecular formula is C24H24N2O3S. The number of nitrogens with zero attached hydrogens (tertiary/aromatic N) is 2. The van der Waals surface area contributed by atoms with E-state index in [0.29, 0.717) is 6.61 Å². The second-order valence-electron chi connectivity index (χ2n) is 7.41. The molecule has 0 spiro atoms. The summed E-state index contributed by atoms with van der Waals surface area (Å²) in [5.74, 6) is 3.30. The van der Waals surface area contributed by atoms with Crippen molar-refractivity contribution < 1.29 is 13.9 Å². The average Bonchev–Trinajstić information content (AvgIpc) is 3.40. The van der Waals surface area contributed by atoms with E-state index in [9.17, 15) is 0 Å². The van der Waals surface area contributed by atoms with E-state index in [4.69, 9.17) is 19.0 Å². The van der Waals surface area contributed by atoms with E-state index in [1.165, 1.54) is 4.90 Å². The average molecular weight is 421 g/mol. The van der Waals surface area contributed by atoms with Crippen LogP contribution in [0, 0.1) is 6.92 Å². The third-order valence-electron chi connectivity index (χ3n) is 5.51. The van der Waals surface area contributed by atoms with E-state index in [2.05, 4.69) is 41.6 Å². The Morgan fingerprint density at radius 2 is 1.97 bits per heavy atom. The molecule has 2 aliphatic heterocycles. The van der Waals surface area contributed by atoms with Crippen molar-refractivity contribution in [3.05, 3.63) is 77.2 Å². The molecule has 5 rings (SSSR count). The van der Waals surface area contributed by atoms with Crippen LogP contribution in [0.5, 0.6) is 11.5 Å². The fraction of sp³-hybridized carbons (Fsp3) is 0.292. The van der Waals surface area contributed by atoms with Crippen molar-refractivity contribution in [3.8, 4) is 11.5 Å². The normalized spacial score (nSPS) is 19.7. The maximum atomic E-state index is 6.53. The van der Waals surface area contributed by atoms with Crippen LogP contribution in [0.25, 0.3) is 0 Å². The van der Waals surface area contributed by atoms with Crippen molar-refractivity contribution in [2.24, 2.45) is 5.10 Å². The Bertz CT molecular complexity index is 1090. The number of rotatable bonds is 5. The second kappa shape index (κ2) is 7.76. The smallest absolute Gasteiger partial charge is 0.214 e. The van der Waals surface area contributed by atoms with Crippen molar-refractivity contribution in [1.82, 2.24) is 5.01 Å². The fourth-order valence-corrected chi connectivity index (χ4v) is 4.49. The van der Waals surface area contributed by atoms with Crippen molar-refractivity contribution >= 4 is 17.5 Å². The van der Waals surface area contributed by atoms with Gasteiger partial charge < -0.3 is 13.9 Å². The summed E-state index contributed by atoms with van der Waals surface area (Å²) in [5.41, 5.74) is 3.10. The van der Waals surface area contributed by atoms with Gasteiger partial charge in [0.15, 0.2) is 11.5 Å². The van der Waals surface area contributed by atoms with Crippen LogP contribution in [0.1, 0.15) is 48.3 Å². The predicted octanol–water partition coefficient (Wildman–Crippen LogP) is 5.95. The van der Waals surface area contributed by atoms with Gasteiger partial charge in [-0.05, 0) is 50.4 Å². The highest BCUT2D eigenvalue weighted by Gasteiger charge is 2.42. The second-order valence-corrected chi connectivity index (χ2v) is 8.29. The van der Waals surface area contributed by atoms with Gasteiger partial charge in [-0.2, -0.15) is 5.10 Å². The first-order valence-corrected chi connectivity index (χ1v) is 11.4. The van der Waals surface area contributed by atoms with Crippen molar-refractivity contribution in [3.63, 3.8) is 0 Å². The highest BCUT2D eigenvalue weighted by molar-refractivity contribution is 7.98. The number of aryl methyl sites for hydroxylation is 1. The van der Waals surface area contributed by atoms with Crippen LogP contribution in [0.3, 0.4) is 0 Å². The molecule has 154 valence electrons. The molecule has 30 heavy (non-hydrogen) atoms. The minimum absolute atomic E-state index is 0.0692. The zero-order chi connectivity index (χ0) is 20.7. The van der Waals surface area contributed by atoms with E-state index in [0.717, 1.165) is 46.3 Å². The molecule has 0 fully saturated rings. The summed E-state index contributed by atoms with van der Waals surface area (Å²) >= 11 is 1.73. The Kier molecular flexibility index (Phi) is 4.95. The number of hydrogen-bond donors (Lipinski definition) is 0. The minimum atomic E-state index is -0.325. The molecule has 2 aromatic carbocycles. The van der Waals surface area contributed by atoms with Gasteiger partial charge >= 0.3 is 0 Å². The van der Waals surface area contributed by atoms with Gasteiger partial charge in [-0.15, -0.1) is 11.8 Å². The topological polar surface area (TPSA) is 47.2 Å². The molecule has 3 heterocycles. The van der Waals surface area contributed by atoms with Gasteiger partial charge in [0.05, 0.1) is 12.6 Å². The van der Waals surface area contributed by atoms with Crippen molar-refractivity contribution in [1.29, 1.82) is 0 Å². The zero-order valence-electron chi connectivity index (χ0n) is 17.3. The lowest BCUT2D eigenvalue weighted by atomic mass is 9.97. The third kappa shape index (κ3) is 3.25. The SMILES string of the molecule is CCOc1cccc2c1O[C@H](c1ccc(SC)cc1)N1N=C(c3ccc(C)o3)C[C@@H]21. The summed E-state index contributed by atoms with van der Waals surface area (Å²) in [4.78, 5) is 1.22. The number of hydrazone groups is 1. The first kappa shape index (κ1) is 19.1. The molecule has 2 atom stereocenters. The minimum Gasteiger partial charge on any atom is -0.490 e. The zero-order valence-corrected chi connectivity index (χ0v) is 18.1. The van der Waals surface area contributed by atoms with E-state index < -0.39 is 0 Å². The van der Waals surface area contributed by atoms with Crippen LogP contribution in [-0.4, -0.2) is 23.6 Å². The lowest BCUT2D eigenvalue weighted by molar-refractivity contribution is -0.0212. The van der Waals surface area contributed by atoms with Gasteiger partial charge in [-0.25, -0.2) is 5.01 Å². The first-order chi connectivity index (χ1) is 14.7. The molecule has 0 bridgehead atoms. The van der Waals surface area contributed by atoms with E-state index in [-0.39, 0.29) is 12.3 Å². The van der Waals surface area contributed by atoms with Crippen LogP contribution in [0.2, 0.25) is 0 Å². The van der Waals surface area contributed by atoms with Crippen molar-refractivity contribution in [2.75, 3.05) is 12.9 Å². The number of para-hydroxylation sites is 1. The van der Waals surface area contributed by atoms with E-state index in [1.807, 2.05) is 38.1 Å². The molecule has 2 aliphatic rings. The number of benzene rings is 2. The molecule has 0 saturated heterocycles. The molecule has 1 aromatic heterocycles. The Morgan fingerprint density at radius 1 is 1.13 bits per heavy atom. The summed E-state index contributed by atoms with van der Waals surface area (Å²) in [6.45, 7) is 4.53. The van der Waals surface area contributed by atoms with Crippen molar-refractivity contribution in [2.45, 2.75) is 37.4 Å². The summed E-state index contributed by atoms with van der Waals surface area (Å²) in [7, 11) is 0. The number of furan rings is 1. The number of ether oxygens (including phenoxy) is 2. The Hall–Kier alpha value is -2.86. The van der Waals surface area contributed by atoms with Gasteiger partial charge in [0.1, 0.15) is 17.2 Å². The highest BCUT2D eigenvalue weighted by Crippen LogP contribution is 2.50. The molecule has 0 radical (unpaired) electrons. The molecule has 0 amide bonds. The van der Waals surface area contributed by atoms with Crippen LogP contribution in [0.15, 0.2) is 69.0 Å². The van der Waals surface area contributed by atoms with Gasteiger partial charge in [0.2, 0.25) is 6.23 Å². The van der Waals surface area contributed by atoms with E-state index >= 15 is 0 Å². The Morgan fingerprint density at radius 3 is 2.67 bits per heavy atom. The van der Waals surface area contributed by atoms with Crippen LogP contribution >= 0.6 is 11.8 Å². The molecule has 0 saturated carbocycles. The monoisotopic (exact) mass is 420 g/mol. The number of fused-ring (bicyclic) bond motifs is 3. The van der Waals surface area contributed by atoms with Gasteiger partial charge in [-0.3, -0.25) is 0 Å². The quantitative estimate of drug-likeness (QED) is 0.477. The summed E-state index contributed by atoms with van der Waals surface area (Å²) < 4.78 is 18.3. The molecule has 5 nitrogen and oxygen atoms in total. The van der Waals surface area contributed by atoms with Crippen LogP contribution in [-0.2, 0) is 0 Å². The van der Waals surface area contributed by atoms with Gasteiger partial charge in [0.25, 0.3) is 0 Å². The molecule has 3 aromatic rings. The summed E-state index contributed by atoms with van der Waals surface area (Å²) in [6, 6.07) is 18.6. The molecule has 0 N–H and O–H groups in total. The van der Waals surface area contributed by atoms with E-state index in [1.54, 1.807) is 11.8 Å². The van der Waals surface area contributed by atoms with Crippen LogP contribution in [0.4, 0.5) is 0 Å². The van der Waals surface area contributed by atoms with Gasteiger partial charge in [0, 0.05) is 22.4 Å². The summed E-state index contributed by atoms with van der Waals surface area (Å²) in [5, 5.41) is 7.02. The number of hydrogen-bond acceptors (Lipinski definition) is 6. The predicted molar refractivity (Wildman–Crippen MR) is 118 cm³/mol. The molecule has 6 heteroatoms. The lowest BCUT2D eigenvalue weighted by Gasteiger charge is -2.38. The number of thioether (sulfide) groups is 1. The highest BCUT2D eigenvalue weighted by atomic mass is 32.2. The Labute approximate surface area is 180 Å². The maximum absolute atomic E-state index is 6.53. The standard InChI is InChI=1S/C24H24N2O3S/c1-4-27-22-7-5-6-18-20-14-19(21-13-8-15(2)28-21)25-26(20)24(29-23(18)22)16-9-11-17(30-3)12-10-16/h5-13,20,24H,4,14H2,1-3H3/t20-,24+/m0/s1. The van der Waals surface area contributed by atoms with Crippen LogP contribution < -0.4 is 9.47 Å². The third-order valence-corrected chi connectivity index (χ3v) is 6.25. The molecule has 0 unspecified atom stereocenters. The summed E-state index contributed by atoms with van der Waals surface area (Å²) in [6.07, 6.45) is 2.52. The maximum Gasteiger partial charge on any atom is 0.214 e. The first-order valence-electron chi connectivity index (χ1n) is 10.2. The fourth-order valence-electron chi connectivity index (χ4n) is 4.08. The largest absolute Gasteiger partial charge is 0.490 e. The Balaban J connectivity index is 1.59. The molecule has 0 aliphatic carbocycles. The molecular weight excluding hydrogens is 396 g/mol.